The van der Waals surface area contributed by atoms with E-state index in [2.05, 4.69) is 14.8 Å². The van der Waals surface area contributed by atoms with Gasteiger partial charge in [0.1, 0.15) is 0 Å². The highest BCUT2D eigenvalue weighted by Gasteiger charge is 2.08. The molecule has 0 amide bonds. The van der Waals surface area contributed by atoms with Crippen molar-refractivity contribution in [3.63, 3.8) is 0 Å². The highest BCUT2D eigenvalue weighted by molar-refractivity contribution is 7.92. The van der Waals surface area contributed by atoms with Gasteiger partial charge in [-0.15, -0.1) is 0 Å². The fraction of sp³-hybridized carbons (Fsp3) is 0.500. The van der Waals surface area contributed by atoms with E-state index in [-0.39, 0.29) is 0 Å². The van der Waals surface area contributed by atoms with Gasteiger partial charge in [-0.25, -0.2) is 8.42 Å². The molecule has 20 heavy (non-hydrogen) atoms. The molecule has 0 spiro atoms. The van der Waals surface area contributed by atoms with Crippen LogP contribution in [0.4, 0.5) is 5.69 Å². The van der Waals surface area contributed by atoms with Crippen molar-refractivity contribution in [3.05, 3.63) is 29.8 Å². The number of sulfonamides is 1. The smallest absolute Gasteiger partial charge is 0.229 e. The summed E-state index contributed by atoms with van der Waals surface area (Å²) in [7, 11) is -3.22. The number of anilines is 1. The number of nitrogens with one attached hydrogen (secondary N) is 1. The number of hydrogen-bond acceptors (Lipinski definition) is 4. The van der Waals surface area contributed by atoms with Crippen molar-refractivity contribution in [2.45, 2.75) is 26.2 Å². The lowest BCUT2D eigenvalue weighted by Gasteiger charge is -2.24. The normalized spacial score (nSPS) is 17.1. The molecule has 6 heteroatoms. The second-order valence-corrected chi connectivity index (χ2v) is 6.90. The van der Waals surface area contributed by atoms with Crippen LogP contribution in [0.3, 0.4) is 0 Å². The first kappa shape index (κ1) is 14.8. The number of hydrazone groups is 1. The molecule has 1 heterocycles. The van der Waals surface area contributed by atoms with Crippen LogP contribution in [-0.2, 0) is 10.0 Å². The molecule has 1 saturated heterocycles. The molecule has 1 aliphatic rings. The average Bonchev–Trinajstić information content (AvgIpc) is 2.39. The molecule has 0 radical (unpaired) electrons. The van der Waals surface area contributed by atoms with Crippen LogP contribution in [0.1, 0.15) is 31.7 Å². The minimum absolute atomic E-state index is 0.571. The van der Waals surface area contributed by atoms with Crippen LogP contribution >= 0.6 is 0 Å². The lowest BCUT2D eigenvalue weighted by molar-refractivity contribution is 0.239. The first-order valence-corrected chi connectivity index (χ1v) is 8.71. The molecular formula is C14H21N3O2S. The summed E-state index contributed by atoms with van der Waals surface area (Å²) in [5.41, 5.74) is 2.54. The Morgan fingerprint density at radius 1 is 1.15 bits per heavy atom. The van der Waals surface area contributed by atoms with Crippen molar-refractivity contribution in [1.29, 1.82) is 0 Å². The maximum Gasteiger partial charge on any atom is 0.229 e. The van der Waals surface area contributed by atoms with Crippen LogP contribution in [0.2, 0.25) is 0 Å². The highest BCUT2D eigenvalue weighted by atomic mass is 32.2. The third-order valence-corrected chi connectivity index (χ3v) is 3.84. The molecule has 1 fully saturated rings. The van der Waals surface area contributed by atoms with Crippen LogP contribution in [0.15, 0.2) is 29.4 Å². The Labute approximate surface area is 120 Å². The van der Waals surface area contributed by atoms with Gasteiger partial charge in [0.15, 0.2) is 0 Å². The van der Waals surface area contributed by atoms with Gasteiger partial charge in [0.2, 0.25) is 10.0 Å². The monoisotopic (exact) mass is 295 g/mol. The summed E-state index contributed by atoms with van der Waals surface area (Å²) in [6.45, 7) is 4.02. The molecule has 110 valence electrons. The number of nitrogens with zero attached hydrogens (tertiary/aromatic N) is 2. The predicted octanol–water partition coefficient (Wildman–Crippen LogP) is 2.27. The Morgan fingerprint density at radius 3 is 2.30 bits per heavy atom. The van der Waals surface area contributed by atoms with E-state index in [0.29, 0.717) is 5.69 Å². The predicted molar refractivity (Wildman–Crippen MR) is 82.5 cm³/mol. The second kappa shape index (κ2) is 6.26. The summed E-state index contributed by atoms with van der Waals surface area (Å²) in [6, 6.07) is 7.28. The van der Waals surface area contributed by atoms with Gasteiger partial charge < -0.3 is 0 Å². The molecule has 0 saturated carbocycles. The Morgan fingerprint density at radius 2 is 1.75 bits per heavy atom. The fourth-order valence-electron chi connectivity index (χ4n) is 2.24. The SMILES string of the molecule is C/C(=N/N1CCCCC1)c1ccc(NS(C)(=O)=O)cc1. The molecule has 0 atom stereocenters. The third kappa shape index (κ3) is 4.52. The first-order chi connectivity index (χ1) is 9.44. The van der Waals surface area contributed by atoms with Gasteiger partial charge in [-0.1, -0.05) is 12.1 Å². The van der Waals surface area contributed by atoms with E-state index in [9.17, 15) is 8.42 Å². The number of hydrogen-bond donors (Lipinski definition) is 1. The molecule has 1 aromatic carbocycles. The van der Waals surface area contributed by atoms with Gasteiger partial charge in [0.05, 0.1) is 12.0 Å². The van der Waals surface area contributed by atoms with Crippen molar-refractivity contribution in [3.8, 4) is 0 Å². The van der Waals surface area contributed by atoms with E-state index < -0.39 is 10.0 Å². The highest BCUT2D eigenvalue weighted by Crippen LogP contribution is 2.14. The van der Waals surface area contributed by atoms with Crippen molar-refractivity contribution in [1.82, 2.24) is 5.01 Å². The second-order valence-electron chi connectivity index (χ2n) is 5.15. The van der Waals surface area contributed by atoms with Crippen molar-refractivity contribution in [2.75, 3.05) is 24.1 Å². The number of rotatable bonds is 4. The quantitative estimate of drug-likeness (QED) is 0.867. The molecule has 5 nitrogen and oxygen atoms in total. The zero-order valence-electron chi connectivity index (χ0n) is 12.0. The maximum atomic E-state index is 11.1. The summed E-state index contributed by atoms with van der Waals surface area (Å²) < 4.78 is 24.7. The Bertz CT molecular complexity index is 573. The van der Waals surface area contributed by atoms with E-state index in [0.717, 1.165) is 30.6 Å². The molecular weight excluding hydrogens is 274 g/mol. The van der Waals surface area contributed by atoms with Crippen LogP contribution in [-0.4, -0.2) is 38.5 Å². The van der Waals surface area contributed by atoms with Crippen LogP contribution in [0.25, 0.3) is 0 Å². The van der Waals surface area contributed by atoms with Gasteiger partial charge in [-0.2, -0.15) is 5.10 Å². The molecule has 0 bridgehead atoms. The van der Waals surface area contributed by atoms with Crippen molar-refractivity contribution >= 4 is 21.4 Å². The summed E-state index contributed by atoms with van der Waals surface area (Å²) >= 11 is 0. The molecule has 0 aliphatic carbocycles. The van der Waals surface area contributed by atoms with Gasteiger partial charge >= 0.3 is 0 Å². The Hall–Kier alpha value is -1.56. The van der Waals surface area contributed by atoms with Crippen molar-refractivity contribution < 1.29 is 8.42 Å². The molecule has 0 aromatic heterocycles. The lowest BCUT2D eigenvalue weighted by Crippen LogP contribution is -2.25. The third-order valence-electron chi connectivity index (χ3n) is 3.23. The molecule has 1 aliphatic heterocycles. The topological polar surface area (TPSA) is 61.8 Å². The van der Waals surface area contributed by atoms with Crippen LogP contribution in [0.5, 0.6) is 0 Å². The average molecular weight is 295 g/mol. The fourth-order valence-corrected chi connectivity index (χ4v) is 2.80. The maximum absolute atomic E-state index is 11.1. The minimum Gasteiger partial charge on any atom is -0.297 e. The summed E-state index contributed by atoms with van der Waals surface area (Å²) in [4.78, 5) is 0. The molecule has 1 aromatic rings. The standard InChI is InChI=1S/C14H21N3O2S/c1-12(15-17-10-4-3-5-11-17)13-6-8-14(9-7-13)16-20(2,18)19/h6-9,16H,3-5,10-11H2,1-2H3/b15-12-. The van der Waals surface area contributed by atoms with Gasteiger partial charge in [0, 0.05) is 18.8 Å². The summed E-state index contributed by atoms with van der Waals surface area (Å²) in [5.74, 6) is 0. The minimum atomic E-state index is -3.22. The number of benzene rings is 1. The van der Waals surface area contributed by atoms with Gasteiger partial charge in [0.25, 0.3) is 0 Å². The van der Waals surface area contributed by atoms with Crippen LogP contribution in [0, 0.1) is 0 Å². The number of piperidine rings is 1. The molecule has 0 unspecified atom stereocenters. The van der Waals surface area contributed by atoms with E-state index in [4.69, 9.17) is 0 Å². The van der Waals surface area contributed by atoms with E-state index in [1.807, 2.05) is 19.1 Å². The van der Waals surface area contributed by atoms with E-state index in [1.54, 1.807) is 12.1 Å². The summed E-state index contributed by atoms with van der Waals surface area (Å²) in [5, 5.41) is 6.73. The van der Waals surface area contributed by atoms with E-state index >= 15 is 0 Å². The first-order valence-electron chi connectivity index (χ1n) is 6.82. The Kier molecular flexibility index (Phi) is 4.65. The van der Waals surface area contributed by atoms with E-state index in [1.165, 1.54) is 19.3 Å². The Balaban J connectivity index is 2.06. The van der Waals surface area contributed by atoms with Crippen LogP contribution < -0.4 is 4.72 Å². The lowest BCUT2D eigenvalue weighted by atomic mass is 10.1. The zero-order chi connectivity index (χ0) is 14.6. The molecule has 1 N–H and O–H groups in total. The zero-order valence-corrected chi connectivity index (χ0v) is 12.8. The van der Waals surface area contributed by atoms with Gasteiger partial charge in [-0.3, -0.25) is 9.73 Å². The molecule has 2 rings (SSSR count). The summed E-state index contributed by atoms with van der Waals surface area (Å²) in [6.07, 6.45) is 4.84. The largest absolute Gasteiger partial charge is 0.297 e. The van der Waals surface area contributed by atoms with Gasteiger partial charge in [-0.05, 0) is 43.9 Å². The van der Waals surface area contributed by atoms with Crippen molar-refractivity contribution in [2.24, 2.45) is 5.10 Å².